The molecule has 1 heterocycles. The van der Waals surface area contributed by atoms with E-state index in [4.69, 9.17) is 32.7 Å². The molecule has 0 saturated carbocycles. The van der Waals surface area contributed by atoms with Crippen LogP contribution in [0.2, 0.25) is 10.0 Å². The first-order valence-corrected chi connectivity index (χ1v) is 14.7. The number of nitrogens with zero attached hydrogens (tertiary/aromatic N) is 2. The number of carbonyl (C=O) groups excluding carboxylic acids is 1. The lowest BCUT2D eigenvalue weighted by atomic mass is 10.1. The molecule has 0 aliphatic heterocycles. The highest BCUT2D eigenvalue weighted by molar-refractivity contribution is 6.42. The molecule has 0 saturated heterocycles. The topological polar surface area (TPSA) is 64.9 Å². The van der Waals surface area contributed by atoms with Crippen molar-refractivity contribution in [2.75, 3.05) is 7.11 Å². The van der Waals surface area contributed by atoms with Crippen LogP contribution in [0.15, 0.2) is 115 Å². The van der Waals surface area contributed by atoms with Crippen LogP contribution in [0.4, 0.5) is 0 Å². The molecule has 8 heteroatoms. The summed E-state index contributed by atoms with van der Waals surface area (Å²) in [6.45, 7) is 6.20. The van der Waals surface area contributed by atoms with Gasteiger partial charge in [-0.25, -0.2) is 5.43 Å². The molecular formula is C36H31Cl2N3O3. The number of hydrogen-bond acceptors (Lipinski definition) is 4. The average molecular weight is 625 g/mol. The van der Waals surface area contributed by atoms with Crippen LogP contribution in [0.3, 0.4) is 0 Å². The number of halogens is 2. The number of nitrogens with one attached hydrogen (secondary N) is 1. The molecule has 1 N–H and O–H groups in total. The van der Waals surface area contributed by atoms with Gasteiger partial charge in [-0.2, -0.15) is 5.10 Å². The molecule has 222 valence electrons. The molecule has 0 spiro atoms. The molecular weight excluding hydrogens is 593 g/mol. The fourth-order valence-electron chi connectivity index (χ4n) is 4.87. The highest BCUT2D eigenvalue weighted by Gasteiger charge is 2.14. The van der Waals surface area contributed by atoms with E-state index in [1.54, 1.807) is 49.7 Å². The molecule has 0 unspecified atom stereocenters. The van der Waals surface area contributed by atoms with Gasteiger partial charge in [0.15, 0.2) is 11.5 Å². The molecule has 0 radical (unpaired) electrons. The fraction of sp³-hybridized carbons (Fsp3) is 0.111. The van der Waals surface area contributed by atoms with Crippen molar-refractivity contribution in [1.82, 2.24) is 9.99 Å². The SMILES string of the molecule is C=CCc1cc(/C=N/NC(=O)c2ccc(-n3c(C)ccc3-c3ccccc3)cc2)cc(OC)c1OCc1ccc(Cl)c(Cl)c1. The minimum absolute atomic E-state index is 0.275. The van der Waals surface area contributed by atoms with Crippen molar-refractivity contribution in [2.24, 2.45) is 5.10 Å². The van der Waals surface area contributed by atoms with E-state index < -0.39 is 0 Å². The Morgan fingerprint density at radius 2 is 1.73 bits per heavy atom. The molecule has 44 heavy (non-hydrogen) atoms. The van der Waals surface area contributed by atoms with Crippen molar-refractivity contribution in [3.63, 3.8) is 0 Å². The number of carbonyl (C=O) groups is 1. The molecule has 1 aromatic heterocycles. The van der Waals surface area contributed by atoms with Crippen molar-refractivity contribution in [1.29, 1.82) is 0 Å². The maximum atomic E-state index is 12.9. The minimum Gasteiger partial charge on any atom is -0.493 e. The van der Waals surface area contributed by atoms with Crippen LogP contribution in [-0.4, -0.2) is 23.8 Å². The molecule has 0 aliphatic rings. The van der Waals surface area contributed by atoms with E-state index in [0.29, 0.717) is 33.5 Å². The van der Waals surface area contributed by atoms with E-state index in [1.807, 2.05) is 42.5 Å². The largest absolute Gasteiger partial charge is 0.493 e. The Bertz CT molecular complexity index is 1810. The van der Waals surface area contributed by atoms with E-state index in [0.717, 1.165) is 39.3 Å². The molecule has 0 fully saturated rings. The second kappa shape index (κ2) is 14.1. The third kappa shape index (κ3) is 7.05. The quantitative estimate of drug-likeness (QED) is 0.0908. The second-order valence-corrected chi connectivity index (χ2v) is 10.9. The van der Waals surface area contributed by atoms with Crippen molar-refractivity contribution >= 4 is 35.3 Å². The Morgan fingerprint density at radius 1 is 0.955 bits per heavy atom. The van der Waals surface area contributed by atoms with Crippen LogP contribution in [0.1, 0.15) is 32.7 Å². The fourth-order valence-corrected chi connectivity index (χ4v) is 5.19. The highest BCUT2D eigenvalue weighted by atomic mass is 35.5. The molecule has 0 aliphatic carbocycles. The smallest absolute Gasteiger partial charge is 0.271 e. The summed E-state index contributed by atoms with van der Waals surface area (Å²) in [4.78, 5) is 12.9. The standard InChI is InChI=1S/C36H31Cl2N3O3/c1-4-8-29-19-26(21-34(43-3)35(29)44-23-25-12-17-31(37)32(38)20-25)22-39-40-36(42)28-13-15-30(16-14-28)41-24(2)11-18-33(41)27-9-6-5-7-10-27/h4-7,9-22H,1,8,23H2,2-3H3,(H,40,42)/b39-22+. The monoisotopic (exact) mass is 623 g/mol. The number of allylic oxidation sites excluding steroid dienone is 1. The van der Waals surface area contributed by atoms with E-state index in [-0.39, 0.29) is 12.5 Å². The van der Waals surface area contributed by atoms with Gasteiger partial charge in [-0.15, -0.1) is 6.58 Å². The lowest BCUT2D eigenvalue weighted by Crippen LogP contribution is -2.17. The van der Waals surface area contributed by atoms with Crippen LogP contribution in [0.5, 0.6) is 11.5 Å². The van der Waals surface area contributed by atoms with E-state index in [9.17, 15) is 4.79 Å². The summed E-state index contributed by atoms with van der Waals surface area (Å²) >= 11 is 12.2. The molecule has 6 nitrogen and oxygen atoms in total. The average Bonchev–Trinajstić information content (AvgIpc) is 3.43. The van der Waals surface area contributed by atoms with Crippen molar-refractivity contribution < 1.29 is 14.3 Å². The number of rotatable bonds is 11. The van der Waals surface area contributed by atoms with Gasteiger partial charge >= 0.3 is 0 Å². The molecule has 0 atom stereocenters. The third-order valence-corrected chi connectivity index (χ3v) is 7.76. The first-order chi connectivity index (χ1) is 21.4. The summed E-state index contributed by atoms with van der Waals surface area (Å²) in [6.07, 6.45) is 3.89. The van der Waals surface area contributed by atoms with E-state index in [1.165, 1.54) is 0 Å². The van der Waals surface area contributed by atoms with Gasteiger partial charge in [0.25, 0.3) is 5.91 Å². The number of hydrazone groups is 1. The Hall–Kier alpha value is -4.78. The molecule has 5 aromatic rings. The second-order valence-electron chi connectivity index (χ2n) is 10.0. The van der Waals surface area contributed by atoms with Gasteiger partial charge in [-0.3, -0.25) is 4.79 Å². The van der Waals surface area contributed by atoms with Gasteiger partial charge in [-0.1, -0.05) is 65.7 Å². The lowest BCUT2D eigenvalue weighted by Gasteiger charge is -2.16. The maximum absolute atomic E-state index is 12.9. The summed E-state index contributed by atoms with van der Waals surface area (Å²) in [5.41, 5.74) is 9.84. The van der Waals surface area contributed by atoms with Crippen LogP contribution >= 0.6 is 23.2 Å². The third-order valence-electron chi connectivity index (χ3n) is 7.02. The van der Waals surface area contributed by atoms with Gasteiger partial charge < -0.3 is 14.0 Å². The predicted molar refractivity (Wildman–Crippen MR) is 179 cm³/mol. The zero-order valence-corrected chi connectivity index (χ0v) is 25.9. The highest BCUT2D eigenvalue weighted by Crippen LogP contribution is 2.34. The molecule has 1 amide bonds. The zero-order valence-electron chi connectivity index (χ0n) is 24.4. The number of ether oxygens (including phenoxy) is 2. The predicted octanol–water partition coefficient (Wildman–Crippen LogP) is 8.84. The number of hydrogen-bond donors (Lipinski definition) is 1. The lowest BCUT2D eigenvalue weighted by molar-refractivity contribution is 0.0955. The van der Waals surface area contributed by atoms with Crippen LogP contribution in [-0.2, 0) is 13.0 Å². The number of amides is 1. The Kier molecular flexibility index (Phi) is 9.85. The summed E-state index contributed by atoms with van der Waals surface area (Å²) in [5, 5.41) is 5.14. The van der Waals surface area contributed by atoms with Crippen LogP contribution < -0.4 is 14.9 Å². The summed E-state index contributed by atoms with van der Waals surface area (Å²) in [7, 11) is 1.57. The van der Waals surface area contributed by atoms with Crippen LogP contribution in [0, 0.1) is 6.92 Å². The zero-order chi connectivity index (χ0) is 31.1. The van der Waals surface area contributed by atoms with Crippen molar-refractivity contribution in [2.45, 2.75) is 20.0 Å². The Balaban J connectivity index is 1.29. The normalized spacial score (nSPS) is 11.0. The number of methoxy groups -OCH3 is 1. The van der Waals surface area contributed by atoms with Gasteiger partial charge in [0.1, 0.15) is 6.61 Å². The van der Waals surface area contributed by atoms with Crippen molar-refractivity contribution in [3.8, 4) is 28.4 Å². The number of aryl methyl sites for hydroxylation is 1. The first-order valence-electron chi connectivity index (χ1n) is 13.9. The van der Waals surface area contributed by atoms with Gasteiger partial charge in [0.05, 0.1) is 29.1 Å². The van der Waals surface area contributed by atoms with Crippen LogP contribution in [0.25, 0.3) is 16.9 Å². The first kappa shape index (κ1) is 30.7. The molecule has 0 bridgehead atoms. The number of benzene rings is 4. The Morgan fingerprint density at radius 3 is 2.43 bits per heavy atom. The minimum atomic E-state index is -0.319. The summed E-state index contributed by atoms with van der Waals surface area (Å²) < 4.78 is 13.9. The maximum Gasteiger partial charge on any atom is 0.271 e. The van der Waals surface area contributed by atoms with E-state index >= 15 is 0 Å². The number of aromatic nitrogens is 1. The Labute approximate surface area is 267 Å². The van der Waals surface area contributed by atoms with Gasteiger partial charge in [0, 0.05) is 22.5 Å². The summed E-state index contributed by atoms with van der Waals surface area (Å²) in [6, 6.07) is 30.9. The van der Waals surface area contributed by atoms with Crippen molar-refractivity contribution in [3.05, 3.63) is 148 Å². The summed E-state index contributed by atoms with van der Waals surface area (Å²) in [5.74, 6) is 0.802. The molecule has 5 rings (SSSR count). The van der Waals surface area contributed by atoms with Gasteiger partial charge in [0.2, 0.25) is 0 Å². The molecule has 4 aromatic carbocycles. The van der Waals surface area contributed by atoms with E-state index in [2.05, 4.69) is 52.9 Å². The van der Waals surface area contributed by atoms with Gasteiger partial charge in [-0.05, 0) is 90.7 Å².